The number of carbonyl (C=O) groups is 1. The predicted octanol–water partition coefficient (Wildman–Crippen LogP) is 3.72. The minimum atomic E-state index is -0.00921. The van der Waals surface area contributed by atoms with Gasteiger partial charge in [0.15, 0.2) is 0 Å². The fourth-order valence-corrected chi connectivity index (χ4v) is 2.94. The first kappa shape index (κ1) is 14.1. The van der Waals surface area contributed by atoms with Crippen LogP contribution in [-0.2, 0) is 10.5 Å². The predicted molar refractivity (Wildman–Crippen MR) is 83.2 cm³/mol. The molecule has 0 bridgehead atoms. The summed E-state index contributed by atoms with van der Waals surface area (Å²) >= 11 is 5.08. The first-order chi connectivity index (χ1) is 9.25. The van der Waals surface area contributed by atoms with E-state index >= 15 is 0 Å². The molecule has 1 N–H and O–H groups in total. The monoisotopic (exact) mass is 336 g/mol. The Hall–Kier alpha value is -1.33. The van der Waals surface area contributed by atoms with Crippen LogP contribution in [0.5, 0.6) is 0 Å². The molecule has 0 aliphatic heterocycles. The Labute approximate surface area is 125 Å². The molecule has 0 aliphatic rings. The van der Waals surface area contributed by atoms with Gasteiger partial charge < -0.3 is 5.32 Å². The van der Waals surface area contributed by atoms with Gasteiger partial charge in [-0.2, -0.15) is 0 Å². The normalized spacial score (nSPS) is 10.2. The van der Waals surface area contributed by atoms with Gasteiger partial charge in [-0.25, -0.2) is 0 Å². The molecule has 0 aliphatic carbocycles. The van der Waals surface area contributed by atoms with Crippen molar-refractivity contribution in [2.45, 2.75) is 5.75 Å². The molecule has 2 aromatic rings. The van der Waals surface area contributed by atoms with Crippen molar-refractivity contribution in [2.75, 3.05) is 11.1 Å². The Balaban J connectivity index is 1.77. The molecule has 1 amide bonds. The molecule has 0 spiro atoms. The Morgan fingerprint density at radius 3 is 2.84 bits per heavy atom. The van der Waals surface area contributed by atoms with Gasteiger partial charge in [0, 0.05) is 16.4 Å². The minimum Gasteiger partial charge on any atom is -0.324 e. The molecular weight excluding hydrogens is 324 g/mol. The Bertz CT molecular complexity index is 548. The second-order valence-electron chi connectivity index (χ2n) is 3.87. The third-order valence-corrected chi connectivity index (χ3v) is 4.15. The molecule has 0 radical (unpaired) electrons. The van der Waals surface area contributed by atoms with Crippen molar-refractivity contribution in [2.24, 2.45) is 0 Å². The highest BCUT2D eigenvalue weighted by atomic mass is 79.9. The average molecular weight is 337 g/mol. The summed E-state index contributed by atoms with van der Waals surface area (Å²) in [6, 6.07) is 11.7. The summed E-state index contributed by atoms with van der Waals surface area (Å²) in [5.41, 5.74) is 1.93. The van der Waals surface area contributed by atoms with Gasteiger partial charge in [0.2, 0.25) is 5.91 Å². The van der Waals surface area contributed by atoms with Crippen LogP contribution in [0, 0.1) is 0 Å². The fourth-order valence-electron chi connectivity index (χ4n) is 1.50. The zero-order chi connectivity index (χ0) is 13.5. The van der Waals surface area contributed by atoms with Gasteiger partial charge in [0.1, 0.15) is 0 Å². The maximum Gasteiger partial charge on any atom is 0.234 e. The van der Waals surface area contributed by atoms with E-state index in [0.717, 1.165) is 15.9 Å². The van der Waals surface area contributed by atoms with Crippen LogP contribution < -0.4 is 5.32 Å². The van der Waals surface area contributed by atoms with Gasteiger partial charge in [-0.05, 0) is 23.8 Å². The number of pyridine rings is 1. The lowest BCUT2D eigenvalue weighted by Gasteiger charge is -2.05. The number of carbonyl (C=O) groups excluding carboxylic acids is 1. The van der Waals surface area contributed by atoms with Gasteiger partial charge >= 0.3 is 0 Å². The van der Waals surface area contributed by atoms with Crippen molar-refractivity contribution in [3.05, 3.63) is 58.8 Å². The van der Waals surface area contributed by atoms with Gasteiger partial charge in [-0.1, -0.05) is 34.1 Å². The van der Waals surface area contributed by atoms with Crippen LogP contribution in [-0.4, -0.2) is 16.6 Å². The number of hydrogen-bond donors (Lipinski definition) is 1. The molecular formula is C14H13BrN2OS. The van der Waals surface area contributed by atoms with Gasteiger partial charge in [-0.3, -0.25) is 9.78 Å². The van der Waals surface area contributed by atoms with Gasteiger partial charge in [0.25, 0.3) is 0 Å². The number of benzene rings is 1. The Kier molecular flexibility index (Phi) is 5.42. The van der Waals surface area contributed by atoms with E-state index in [4.69, 9.17) is 0 Å². The van der Waals surface area contributed by atoms with Gasteiger partial charge in [-0.15, -0.1) is 11.8 Å². The molecule has 1 aromatic heterocycles. The zero-order valence-electron chi connectivity index (χ0n) is 10.2. The number of thioether (sulfide) groups is 1. The summed E-state index contributed by atoms with van der Waals surface area (Å²) < 4.78 is 1.08. The van der Waals surface area contributed by atoms with E-state index in [1.807, 2.05) is 24.3 Å². The summed E-state index contributed by atoms with van der Waals surface area (Å²) in [4.78, 5) is 15.7. The standard InChI is InChI=1S/C14H13BrN2OS/c15-13-6-2-1-4-11(13)9-19-10-14(18)17-12-5-3-7-16-8-12/h1-8H,9-10H2,(H,17,18). The second-order valence-corrected chi connectivity index (χ2v) is 5.71. The lowest BCUT2D eigenvalue weighted by molar-refractivity contribution is -0.113. The maximum atomic E-state index is 11.7. The summed E-state index contributed by atoms with van der Waals surface area (Å²) in [5.74, 6) is 1.23. The van der Waals surface area contributed by atoms with Crippen molar-refractivity contribution in [3.63, 3.8) is 0 Å². The Morgan fingerprint density at radius 1 is 1.26 bits per heavy atom. The van der Waals surface area contributed by atoms with E-state index in [2.05, 4.69) is 32.3 Å². The fraction of sp³-hybridized carbons (Fsp3) is 0.143. The lowest BCUT2D eigenvalue weighted by atomic mass is 10.2. The number of rotatable bonds is 5. The maximum absolute atomic E-state index is 11.7. The number of halogens is 1. The highest BCUT2D eigenvalue weighted by molar-refractivity contribution is 9.10. The van der Waals surface area contributed by atoms with Crippen LogP contribution in [0.3, 0.4) is 0 Å². The van der Waals surface area contributed by atoms with E-state index < -0.39 is 0 Å². The molecule has 19 heavy (non-hydrogen) atoms. The third-order valence-electron chi connectivity index (χ3n) is 2.39. The van der Waals surface area contributed by atoms with Crippen molar-refractivity contribution in [1.82, 2.24) is 4.98 Å². The summed E-state index contributed by atoms with van der Waals surface area (Å²) in [6.45, 7) is 0. The molecule has 0 saturated carbocycles. The lowest BCUT2D eigenvalue weighted by Crippen LogP contribution is -2.14. The van der Waals surface area contributed by atoms with Crippen LogP contribution >= 0.6 is 27.7 Å². The molecule has 98 valence electrons. The molecule has 1 aromatic carbocycles. The molecule has 0 fully saturated rings. The van der Waals surface area contributed by atoms with E-state index in [-0.39, 0.29) is 5.91 Å². The number of nitrogens with zero attached hydrogens (tertiary/aromatic N) is 1. The number of anilines is 1. The topological polar surface area (TPSA) is 42.0 Å². The van der Waals surface area contributed by atoms with E-state index in [1.165, 1.54) is 5.56 Å². The minimum absolute atomic E-state index is 0.00921. The SMILES string of the molecule is O=C(CSCc1ccccc1Br)Nc1cccnc1. The highest BCUT2D eigenvalue weighted by Gasteiger charge is 2.04. The van der Waals surface area contributed by atoms with Crippen LogP contribution in [0.15, 0.2) is 53.3 Å². The summed E-state index contributed by atoms with van der Waals surface area (Å²) in [5, 5.41) is 2.81. The second kappa shape index (κ2) is 7.31. The third kappa shape index (κ3) is 4.69. The summed E-state index contributed by atoms with van der Waals surface area (Å²) in [6.07, 6.45) is 3.31. The number of amides is 1. The largest absolute Gasteiger partial charge is 0.324 e. The first-order valence-electron chi connectivity index (χ1n) is 5.77. The van der Waals surface area contributed by atoms with Crippen molar-refractivity contribution in [1.29, 1.82) is 0 Å². The van der Waals surface area contributed by atoms with Crippen molar-refractivity contribution >= 4 is 39.3 Å². The van der Waals surface area contributed by atoms with Crippen molar-refractivity contribution < 1.29 is 4.79 Å². The molecule has 1 heterocycles. The number of aromatic nitrogens is 1. The molecule has 0 unspecified atom stereocenters. The molecule has 3 nitrogen and oxygen atoms in total. The number of hydrogen-bond acceptors (Lipinski definition) is 3. The average Bonchev–Trinajstić information content (AvgIpc) is 2.42. The van der Waals surface area contributed by atoms with E-state index in [0.29, 0.717) is 5.75 Å². The van der Waals surface area contributed by atoms with E-state index in [1.54, 1.807) is 30.2 Å². The molecule has 0 saturated heterocycles. The highest BCUT2D eigenvalue weighted by Crippen LogP contribution is 2.21. The van der Waals surface area contributed by atoms with Crippen molar-refractivity contribution in [3.8, 4) is 0 Å². The van der Waals surface area contributed by atoms with Crippen LogP contribution in [0.1, 0.15) is 5.56 Å². The molecule has 5 heteroatoms. The summed E-state index contributed by atoms with van der Waals surface area (Å²) in [7, 11) is 0. The van der Waals surface area contributed by atoms with Crippen LogP contribution in [0.2, 0.25) is 0 Å². The first-order valence-corrected chi connectivity index (χ1v) is 7.71. The number of nitrogens with one attached hydrogen (secondary N) is 1. The Morgan fingerprint density at radius 2 is 2.11 bits per heavy atom. The van der Waals surface area contributed by atoms with Crippen LogP contribution in [0.4, 0.5) is 5.69 Å². The zero-order valence-corrected chi connectivity index (χ0v) is 12.6. The smallest absolute Gasteiger partial charge is 0.234 e. The van der Waals surface area contributed by atoms with Crippen LogP contribution in [0.25, 0.3) is 0 Å². The quantitative estimate of drug-likeness (QED) is 0.904. The van der Waals surface area contributed by atoms with Gasteiger partial charge in [0.05, 0.1) is 17.6 Å². The van der Waals surface area contributed by atoms with E-state index in [9.17, 15) is 4.79 Å². The molecule has 2 rings (SSSR count). The molecule has 0 atom stereocenters.